The largest absolute Gasteiger partial charge is 0.380 e. The van der Waals surface area contributed by atoms with Crippen LogP contribution in [0.4, 0.5) is 11.4 Å². The van der Waals surface area contributed by atoms with Crippen LogP contribution in [0.5, 0.6) is 0 Å². The molecule has 0 spiro atoms. The van der Waals surface area contributed by atoms with E-state index in [-0.39, 0.29) is 16.9 Å². The fourth-order valence-electron chi connectivity index (χ4n) is 2.65. The molecule has 150 valence electrons. The van der Waals surface area contributed by atoms with E-state index in [9.17, 15) is 25.0 Å². The van der Waals surface area contributed by atoms with Crippen molar-refractivity contribution in [1.29, 1.82) is 0 Å². The zero-order valence-corrected chi connectivity index (χ0v) is 16.1. The lowest BCUT2D eigenvalue weighted by Crippen LogP contribution is -2.19. The van der Waals surface area contributed by atoms with Gasteiger partial charge in [0, 0.05) is 43.0 Å². The molecule has 0 N–H and O–H groups in total. The number of carbonyl (C=O) groups excluding carboxylic acids is 1. The number of amides is 1. The number of ether oxygens (including phenoxy) is 1. The van der Waals surface area contributed by atoms with Crippen molar-refractivity contribution in [3.05, 3.63) is 73.1 Å². The molecule has 0 saturated carbocycles. The number of carbonyl (C=O) groups is 1. The first kappa shape index (κ1) is 20.3. The second kappa shape index (κ2) is 8.71. The number of fused-ring (bicyclic) bond motifs is 1. The summed E-state index contributed by atoms with van der Waals surface area (Å²) in [5.74, 6) is -0.564. The van der Waals surface area contributed by atoms with Crippen LogP contribution < -0.4 is 4.80 Å². The van der Waals surface area contributed by atoms with Crippen molar-refractivity contribution in [1.82, 2.24) is 4.57 Å². The Morgan fingerprint density at radius 3 is 2.38 bits per heavy atom. The topological polar surface area (TPSA) is 130 Å². The van der Waals surface area contributed by atoms with Crippen LogP contribution in [0.25, 0.3) is 10.2 Å². The lowest BCUT2D eigenvalue weighted by atomic mass is 10.2. The Hall–Kier alpha value is -3.44. The summed E-state index contributed by atoms with van der Waals surface area (Å²) in [6, 6.07) is 9.60. The first-order chi connectivity index (χ1) is 13.9. The van der Waals surface area contributed by atoms with Gasteiger partial charge in [-0.2, -0.15) is 4.99 Å². The Bertz CT molecular complexity index is 1150. The molecule has 0 atom stereocenters. The summed E-state index contributed by atoms with van der Waals surface area (Å²) < 4.78 is 7.77. The van der Waals surface area contributed by atoms with Gasteiger partial charge in [0.1, 0.15) is 0 Å². The number of benzene rings is 2. The smallest absolute Gasteiger partial charge is 0.279 e. The number of rotatable bonds is 7. The molecule has 1 amide bonds. The van der Waals surface area contributed by atoms with Crippen LogP contribution >= 0.6 is 11.3 Å². The first-order valence-electron chi connectivity index (χ1n) is 8.59. The predicted octanol–water partition coefficient (Wildman–Crippen LogP) is 3.30. The molecule has 0 fully saturated rings. The third kappa shape index (κ3) is 4.52. The molecule has 1 heterocycles. The molecule has 0 unspecified atom stereocenters. The summed E-state index contributed by atoms with van der Waals surface area (Å²) in [4.78, 5) is 37.8. The Morgan fingerprint density at radius 1 is 1.10 bits per heavy atom. The molecule has 0 aliphatic heterocycles. The van der Waals surface area contributed by atoms with E-state index in [0.717, 1.165) is 11.3 Å². The van der Waals surface area contributed by atoms with E-state index in [4.69, 9.17) is 4.74 Å². The fraction of sp³-hybridized carbons (Fsp3) is 0.222. The minimum Gasteiger partial charge on any atom is -0.380 e. The van der Waals surface area contributed by atoms with Gasteiger partial charge < -0.3 is 9.30 Å². The van der Waals surface area contributed by atoms with Crippen molar-refractivity contribution in [2.45, 2.75) is 13.5 Å². The highest BCUT2D eigenvalue weighted by atomic mass is 32.1. The fourth-order valence-corrected chi connectivity index (χ4v) is 3.74. The van der Waals surface area contributed by atoms with Crippen LogP contribution in [0, 0.1) is 20.2 Å². The number of nitrogens with zero attached hydrogens (tertiary/aromatic N) is 4. The van der Waals surface area contributed by atoms with Crippen molar-refractivity contribution in [3.8, 4) is 0 Å². The lowest BCUT2D eigenvalue weighted by molar-refractivity contribution is -0.385. The maximum atomic E-state index is 12.5. The van der Waals surface area contributed by atoms with Gasteiger partial charge in [-0.1, -0.05) is 11.3 Å². The molecule has 0 aliphatic carbocycles. The summed E-state index contributed by atoms with van der Waals surface area (Å²) in [6.45, 7) is 3.20. The summed E-state index contributed by atoms with van der Waals surface area (Å²) in [7, 11) is 0. The van der Waals surface area contributed by atoms with Crippen LogP contribution in [0.3, 0.4) is 0 Å². The number of hydrogen-bond acceptors (Lipinski definition) is 7. The Kier molecular flexibility index (Phi) is 6.10. The van der Waals surface area contributed by atoms with Gasteiger partial charge in [-0.15, -0.1) is 0 Å². The third-order valence-corrected chi connectivity index (χ3v) is 5.10. The number of nitro groups is 2. The quantitative estimate of drug-likeness (QED) is 0.330. The molecule has 11 heteroatoms. The third-order valence-electron chi connectivity index (χ3n) is 4.06. The number of nitro benzene ring substituents is 2. The minimum atomic E-state index is -0.564. The SMILES string of the molecule is CCOCCn1c(=NC(=O)c2ccc([N+](=O)[O-])cc2)sc2cc([N+](=O)[O-])ccc21. The van der Waals surface area contributed by atoms with Gasteiger partial charge in [0.05, 0.1) is 26.7 Å². The zero-order chi connectivity index (χ0) is 21.0. The minimum absolute atomic E-state index is 0.0519. The molecule has 2 aromatic carbocycles. The van der Waals surface area contributed by atoms with E-state index < -0.39 is 15.8 Å². The maximum Gasteiger partial charge on any atom is 0.279 e. The number of non-ortho nitro benzene ring substituents is 2. The van der Waals surface area contributed by atoms with Gasteiger partial charge >= 0.3 is 0 Å². The highest BCUT2D eigenvalue weighted by molar-refractivity contribution is 7.16. The van der Waals surface area contributed by atoms with Crippen LogP contribution in [0.1, 0.15) is 17.3 Å². The van der Waals surface area contributed by atoms with Gasteiger partial charge in [-0.3, -0.25) is 25.0 Å². The average molecular weight is 416 g/mol. The molecule has 0 aliphatic rings. The molecule has 10 nitrogen and oxygen atoms in total. The van der Waals surface area contributed by atoms with Gasteiger partial charge in [-0.05, 0) is 25.1 Å². The Labute approximate surface area is 168 Å². The van der Waals surface area contributed by atoms with Crippen LogP contribution in [0.2, 0.25) is 0 Å². The van der Waals surface area contributed by atoms with Gasteiger partial charge in [0.2, 0.25) is 0 Å². The number of hydrogen-bond donors (Lipinski definition) is 0. The summed E-state index contributed by atoms with van der Waals surface area (Å²) >= 11 is 1.15. The second-order valence-corrected chi connectivity index (χ2v) is 6.87. The van der Waals surface area contributed by atoms with Crippen LogP contribution in [-0.2, 0) is 11.3 Å². The monoisotopic (exact) mass is 416 g/mol. The number of aromatic nitrogens is 1. The van der Waals surface area contributed by atoms with Gasteiger partial charge in [-0.25, -0.2) is 0 Å². The van der Waals surface area contributed by atoms with Crippen LogP contribution in [-0.4, -0.2) is 33.5 Å². The van der Waals surface area contributed by atoms with Crippen molar-refractivity contribution in [2.24, 2.45) is 4.99 Å². The second-order valence-electron chi connectivity index (χ2n) is 5.86. The Balaban J connectivity index is 2.04. The lowest BCUT2D eigenvalue weighted by Gasteiger charge is -2.05. The van der Waals surface area contributed by atoms with Gasteiger partial charge in [0.15, 0.2) is 4.80 Å². The number of thiazole rings is 1. The van der Waals surface area contributed by atoms with Crippen molar-refractivity contribution >= 4 is 38.8 Å². The highest BCUT2D eigenvalue weighted by Gasteiger charge is 2.14. The van der Waals surface area contributed by atoms with E-state index in [1.54, 1.807) is 10.6 Å². The molecular weight excluding hydrogens is 400 g/mol. The van der Waals surface area contributed by atoms with Crippen LogP contribution in [0.15, 0.2) is 47.5 Å². The van der Waals surface area contributed by atoms with E-state index in [1.807, 2.05) is 6.92 Å². The molecule has 3 rings (SSSR count). The van der Waals surface area contributed by atoms with E-state index >= 15 is 0 Å². The predicted molar refractivity (Wildman–Crippen MR) is 106 cm³/mol. The molecule has 3 aromatic rings. The van der Waals surface area contributed by atoms with Crippen molar-refractivity contribution in [2.75, 3.05) is 13.2 Å². The highest BCUT2D eigenvalue weighted by Crippen LogP contribution is 2.23. The molecular formula is C18H16N4O6S. The summed E-state index contributed by atoms with van der Waals surface area (Å²) in [6.07, 6.45) is 0. The Morgan fingerprint density at radius 2 is 1.76 bits per heavy atom. The molecule has 0 saturated heterocycles. The molecule has 29 heavy (non-hydrogen) atoms. The van der Waals surface area contributed by atoms with E-state index in [1.165, 1.54) is 36.4 Å². The molecule has 1 aromatic heterocycles. The molecule has 0 bridgehead atoms. The standard InChI is InChI=1S/C18H16N4O6S/c1-2-28-10-9-20-15-8-7-14(22(26)27)11-16(15)29-18(20)19-17(23)12-3-5-13(6-4-12)21(24)25/h3-8,11H,2,9-10H2,1H3. The molecule has 0 radical (unpaired) electrons. The van der Waals surface area contributed by atoms with E-state index in [2.05, 4.69) is 4.99 Å². The average Bonchev–Trinajstić information content (AvgIpc) is 3.04. The van der Waals surface area contributed by atoms with Crippen molar-refractivity contribution < 1.29 is 19.4 Å². The van der Waals surface area contributed by atoms with Gasteiger partial charge in [0.25, 0.3) is 17.3 Å². The zero-order valence-electron chi connectivity index (χ0n) is 15.3. The summed E-state index contributed by atoms with van der Waals surface area (Å²) in [5.41, 5.74) is 0.734. The maximum absolute atomic E-state index is 12.5. The van der Waals surface area contributed by atoms with E-state index in [0.29, 0.717) is 34.8 Å². The first-order valence-corrected chi connectivity index (χ1v) is 9.41. The summed E-state index contributed by atoms with van der Waals surface area (Å²) in [5, 5.41) is 21.8. The normalized spacial score (nSPS) is 11.7. The van der Waals surface area contributed by atoms with Crippen molar-refractivity contribution in [3.63, 3.8) is 0 Å².